The quantitative estimate of drug-likeness (QED) is 0.232. The molecule has 1 heterocycles. The van der Waals surface area contributed by atoms with Gasteiger partial charge in [0, 0.05) is 12.6 Å². The van der Waals surface area contributed by atoms with Crippen molar-refractivity contribution in [3.63, 3.8) is 0 Å². The fourth-order valence-electron chi connectivity index (χ4n) is 2.64. The van der Waals surface area contributed by atoms with Crippen LogP contribution in [0.1, 0.15) is 61.0 Å². The van der Waals surface area contributed by atoms with Crippen molar-refractivity contribution in [3.05, 3.63) is 29.0 Å². The van der Waals surface area contributed by atoms with Crippen LogP contribution in [0.5, 0.6) is 0 Å². The Morgan fingerprint density at radius 1 is 0.900 bits per heavy atom. The van der Waals surface area contributed by atoms with E-state index >= 15 is 4.39 Å². The molecule has 0 aliphatic carbocycles. The third-order valence-electron chi connectivity index (χ3n) is 3.46. The van der Waals surface area contributed by atoms with Crippen molar-refractivity contribution >= 4 is 26.8 Å². The fourth-order valence-corrected chi connectivity index (χ4v) is 8.32. The van der Waals surface area contributed by atoms with Crippen LogP contribution < -0.4 is 0 Å². The summed E-state index contributed by atoms with van der Waals surface area (Å²) in [6.07, 6.45) is -2.00. The Kier molecular flexibility index (Phi) is 10.2. The topological polar surface area (TPSA) is 84.0 Å². The van der Waals surface area contributed by atoms with E-state index in [1.807, 2.05) is 0 Å². The predicted molar refractivity (Wildman–Crippen MR) is 117 cm³/mol. The first-order valence-electron chi connectivity index (χ1n) is 9.87. The summed E-state index contributed by atoms with van der Waals surface area (Å²) in [5, 5.41) is -3.03. The summed E-state index contributed by atoms with van der Waals surface area (Å²) in [7, 11) is -9.42. The molecule has 0 aliphatic heterocycles. The minimum absolute atomic E-state index is 0.101. The molecule has 1 rings (SSSR count). The first-order chi connectivity index (χ1) is 13.6. The highest BCUT2D eigenvalue weighted by Crippen LogP contribution is 2.80. The van der Waals surface area contributed by atoms with Gasteiger partial charge in [-0.3, -0.25) is 9.13 Å². The van der Waals surface area contributed by atoms with Crippen LogP contribution in [0.4, 0.5) is 4.39 Å². The lowest BCUT2D eigenvalue weighted by Gasteiger charge is -2.39. The van der Waals surface area contributed by atoms with E-state index in [2.05, 4.69) is 4.98 Å². The second kappa shape index (κ2) is 11.0. The van der Waals surface area contributed by atoms with E-state index in [1.54, 1.807) is 55.4 Å². The molecule has 0 spiro atoms. The summed E-state index contributed by atoms with van der Waals surface area (Å²) in [6, 6.07) is 2.87. The molecule has 0 atom stereocenters. The number of pyridine rings is 1. The smallest absolute Gasteiger partial charge is 0.303 e. The molecular formula is C19H33ClFNO6P2. The SMILES string of the molecule is CC(C)OP(=O)(OC(C)C)C(F)(Cc1ccnc(Cl)c1)P(=O)(OC(C)C)OC(C)C. The monoisotopic (exact) mass is 487 g/mol. The first kappa shape index (κ1) is 27.7. The number of hydrogen-bond acceptors (Lipinski definition) is 7. The van der Waals surface area contributed by atoms with Gasteiger partial charge in [0.15, 0.2) is 0 Å². The van der Waals surface area contributed by atoms with Gasteiger partial charge in [0.25, 0.3) is 0 Å². The zero-order valence-electron chi connectivity index (χ0n) is 18.8. The molecule has 1 aromatic heterocycles. The summed E-state index contributed by atoms with van der Waals surface area (Å²) in [6.45, 7) is 12.6. The van der Waals surface area contributed by atoms with Crippen LogP contribution in [0.25, 0.3) is 0 Å². The molecule has 0 saturated carbocycles. The van der Waals surface area contributed by atoms with E-state index in [0.717, 1.165) is 0 Å². The van der Waals surface area contributed by atoms with Gasteiger partial charge in [0.1, 0.15) is 5.15 Å². The molecular weight excluding hydrogens is 455 g/mol. The average Bonchev–Trinajstić information content (AvgIpc) is 2.51. The Labute approximate surface area is 184 Å². The Morgan fingerprint density at radius 2 is 1.27 bits per heavy atom. The summed E-state index contributed by atoms with van der Waals surface area (Å²) in [4.78, 5) is 3.87. The van der Waals surface area contributed by atoms with E-state index in [0.29, 0.717) is 0 Å². The Morgan fingerprint density at radius 3 is 1.57 bits per heavy atom. The highest BCUT2D eigenvalue weighted by molar-refractivity contribution is 7.74. The number of halogens is 2. The van der Waals surface area contributed by atoms with Crippen LogP contribution in [0.3, 0.4) is 0 Å². The van der Waals surface area contributed by atoms with Crippen molar-refractivity contribution in [2.45, 2.75) is 91.4 Å². The van der Waals surface area contributed by atoms with E-state index in [1.165, 1.54) is 18.3 Å². The molecule has 0 radical (unpaired) electrons. The van der Waals surface area contributed by atoms with Gasteiger partial charge in [0.2, 0.25) is 0 Å². The minimum Gasteiger partial charge on any atom is -0.303 e. The van der Waals surface area contributed by atoms with Gasteiger partial charge in [-0.05, 0) is 73.1 Å². The lowest BCUT2D eigenvalue weighted by molar-refractivity contribution is 0.0807. The van der Waals surface area contributed by atoms with Crippen LogP contribution in [-0.2, 0) is 33.6 Å². The van der Waals surface area contributed by atoms with Crippen LogP contribution in [0, 0.1) is 0 Å². The van der Waals surface area contributed by atoms with E-state index < -0.39 is 51.2 Å². The van der Waals surface area contributed by atoms with Crippen molar-refractivity contribution < 1.29 is 31.6 Å². The first-order valence-corrected chi connectivity index (χ1v) is 13.3. The normalized spacial score (nSPS) is 13.8. The number of hydrogen-bond donors (Lipinski definition) is 0. The largest absolute Gasteiger partial charge is 0.381 e. The average molecular weight is 488 g/mol. The molecule has 0 fully saturated rings. The lowest BCUT2D eigenvalue weighted by atomic mass is 10.2. The summed E-state index contributed by atoms with van der Waals surface area (Å²) in [5.74, 6) is 0. The van der Waals surface area contributed by atoms with E-state index in [-0.39, 0.29) is 10.7 Å². The summed E-state index contributed by atoms with van der Waals surface area (Å²) < 4.78 is 67.0. The third kappa shape index (κ3) is 7.09. The standard InChI is InChI=1S/C19H33ClFNO6P2/c1-13(2)25-29(23,26-14(3)4)19(21,12-17-9-10-22-18(20)11-17)30(24,27-15(5)6)28-16(7)8/h9-11,13-16H,12H2,1-8H3. The molecule has 1 aromatic rings. The van der Waals surface area contributed by atoms with E-state index in [9.17, 15) is 9.13 Å². The number of rotatable bonds is 12. The van der Waals surface area contributed by atoms with Gasteiger partial charge in [-0.15, -0.1) is 0 Å². The van der Waals surface area contributed by atoms with E-state index in [4.69, 9.17) is 29.7 Å². The van der Waals surface area contributed by atoms with Gasteiger partial charge in [0.05, 0.1) is 24.4 Å². The Hall–Kier alpha value is -0.330. The number of nitrogens with zero attached hydrogens (tertiary/aromatic N) is 1. The Balaban J connectivity index is 3.77. The van der Waals surface area contributed by atoms with Crippen molar-refractivity contribution in [2.75, 3.05) is 0 Å². The number of aromatic nitrogens is 1. The van der Waals surface area contributed by atoms with Crippen molar-refractivity contribution in [1.29, 1.82) is 0 Å². The molecule has 0 unspecified atom stereocenters. The second-order valence-corrected chi connectivity index (χ2v) is 13.0. The molecule has 30 heavy (non-hydrogen) atoms. The van der Waals surface area contributed by atoms with Gasteiger partial charge < -0.3 is 18.1 Å². The molecule has 0 amide bonds. The molecule has 0 saturated heterocycles. The van der Waals surface area contributed by atoms with Gasteiger partial charge in [-0.1, -0.05) is 11.6 Å². The van der Waals surface area contributed by atoms with Crippen LogP contribution in [0.15, 0.2) is 18.3 Å². The van der Waals surface area contributed by atoms with Crippen LogP contribution in [-0.4, -0.2) is 34.6 Å². The van der Waals surface area contributed by atoms with Gasteiger partial charge in [-0.25, -0.2) is 9.37 Å². The lowest BCUT2D eigenvalue weighted by Crippen LogP contribution is -2.34. The van der Waals surface area contributed by atoms with Crippen molar-refractivity contribution in [1.82, 2.24) is 4.98 Å². The maximum absolute atomic E-state index is 17.1. The second-order valence-electron chi connectivity index (χ2n) is 7.99. The number of alkyl halides is 1. The van der Waals surface area contributed by atoms with Crippen LogP contribution >= 0.6 is 26.8 Å². The zero-order chi connectivity index (χ0) is 23.3. The molecule has 0 bridgehead atoms. The highest BCUT2D eigenvalue weighted by Gasteiger charge is 2.68. The summed E-state index contributed by atoms with van der Waals surface area (Å²) in [5.41, 5.74) is 0.289. The molecule has 174 valence electrons. The van der Waals surface area contributed by atoms with Gasteiger partial charge >= 0.3 is 20.3 Å². The maximum atomic E-state index is 17.1. The summed E-state index contributed by atoms with van der Waals surface area (Å²) >= 11 is 5.94. The fraction of sp³-hybridized carbons (Fsp3) is 0.737. The minimum atomic E-state index is -4.71. The Bertz CT molecular complexity index is 724. The molecule has 0 aliphatic rings. The molecule has 0 aromatic carbocycles. The zero-order valence-corrected chi connectivity index (χ0v) is 21.3. The van der Waals surface area contributed by atoms with Crippen molar-refractivity contribution in [2.24, 2.45) is 0 Å². The maximum Gasteiger partial charge on any atom is 0.381 e. The van der Waals surface area contributed by atoms with Crippen LogP contribution in [0.2, 0.25) is 5.15 Å². The molecule has 11 heteroatoms. The predicted octanol–water partition coefficient (Wildman–Crippen LogP) is 6.99. The molecule has 0 N–H and O–H groups in total. The van der Waals surface area contributed by atoms with Gasteiger partial charge in [-0.2, -0.15) is 0 Å². The molecule has 7 nitrogen and oxygen atoms in total. The highest BCUT2D eigenvalue weighted by atomic mass is 35.5. The van der Waals surface area contributed by atoms with Crippen molar-refractivity contribution in [3.8, 4) is 0 Å². The third-order valence-corrected chi connectivity index (χ3v) is 9.93.